The van der Waals surface area contributed by atoms with Crippen LogP contribution in [0.15, 0.2) is 47.9 Å². The maximum atomic E-state index is 5.76. The molecule has 1 aromatic carbocycles. The van der Waals surface area contributed by atoms with Crippen LogP contribution in [-0.2, 0) is 0 Å². The molecule has 0 unspecified atom stereocenters. The van der Waals surface area contributed by atoms with Gasteiger partial charge >= 0.3 is 0 Å². The molecule has 0 aromatic heterocycles. The molecule has 20 heavy (non-hydrogen) atoms. The van der Waals surface area contributed by atoms with Crippen LogP contribution in [0.5, 0.6) is 11.5 Å². The average molecular weight is 274 g/mol. The van der Waals surface area contributed by atoms with Gasteiger partial charge in [0.2, 0.25) is 0 Å². The summed E-state index contributed by atoms with van der Waals surface area (Å²) in [5.41, 5.74) is 2.58. The van der Waals surface area contributed by atoms with Crippen LogP contribution in [-0.4, -0.2) is 0 Å². The van der Waals surface area contributed by atoms with E-state index in [0.29, 0.717) is 0 Å². The van der Waals surface area contributed by atoms with Crippen molar-refractivity contribution in [2.75, 3.05) is 0 Å². The predicted octanol–water partition coefficient (Wildman–Crippen LogP) is 5.85. The lowest BCUT2D eigenvalue weighted by Crippen LogP contribution is -1.92. The van der Waals surface area contributed by atoms with Crippen LogP contribution in [0, 0.1) is 0 Å². The van der Waals surface area contributed by atoms with Gasteiger partial charge in [-0.15, -0.1) is 0 Å². The molecule has 2 heteroatoms. The average Bonchev–Trinajstić information content (AvgIpc) is 2.50. The highest BCUT2D eigenvalue weighted by Crippen LogP contribution is 2.28. The molecule has 0 heterocycles. The molecule has 0 spiro atoms. The van der Waals surface area contributed by atoms with Crippen molar-refractivity contribution >= 4 is 0 Å². The third kappa shape index (κ3) is 5.12. The zero-order chi connectivity index (χ0) is 14.8. The van der Waals surface area contributed by atoms with Crippen LogP contribution in [0.3, 0.4) is 0 Å². The van der Waals surface area contributed by atoms with Crippen molar-refractivity contribution in [3.05, 3.63) is 47.9 Å². The highest BCUT2D eigenvalue weighted by molar-refractivity contribution is 5.40. The van der Waals surface area contributed by atoms with E-state index in [0.717, 1.165) is 37.2 Å². The first-order valence-electron chi connectivity index (χ1n) is 7.53. The van der Waals surface area contributed by atoms with Crippen LogP contribution >= 0.6 is 0 Å². The summed E-state index contributed by atoms with van der Waals surface area (Å²) in [5.74, 6) is 1.52. The van der Waals surface area contributed by atoms with Crippen molar-refractivity contribution in [3.8, 4) is 11.5 Å². The molecular weight excluding hydrogens is 248 g/mol. The van der Waals surface area contributed by atoms with Gasteiger partial charge < -0.3 is 9.47 Å². The Labute approximate surface area is 123 Å². The first-order valence-corrected chi connectivity index (χ1v) is 7.53. The van der Waals surface area contributed by atoms with E-state index in [4.69, 9.17) is 9.47 Å². The van der Waals surface area contributed by atoms with E-state index in [9.17, 15) is 0 Å². The van der Waals surface area contributed by atoms with Gasteiger partial charge in [-0.05, 0) is 49.0 Å². The lowest BCUT2D eigenvalue weighted by Gasteiger charge is -2.09. The number of para-hydroxylation sites is 2. The molecule has 0 aliphatic carbocycles. The maximum absolute atomic E-state index is 5.76. The summed E-state index contributed by atoms with van der Waals surface area (Å²) < 4.78 is 11.5. The van der Waals surface area contributed by atoms with Crippen molar-refractivity contribution in [2.24, 2.45) is 0 Å². The summed E-state index contributed by atoms with van der Waals surface area (Å²) in [6.45, 7) is 8.55. The van der Waals surface area contributed by atoms with Gasteiger partial charge in [0.1, 0.15) is 0 Å². The van der Waals surface area contributed by atoms with Gasteiger partial charge in [0.15, 0.2) is 11.5 Å². The van der Waals surface area contributed by atoms with Gasteiger partial charge in [-0.1, -0.05) is 39.8 Å². The monoisotopic (exact) mass is 274 g/mol. The first kappa shape index (κ1) is 16.4. The van der Waals surface area contributed by atoms with Crippen LogP contribution < -0.4 is 9.47 Å². The summed E-state index contributed by atoms with van der Waals surface area (Å²) in [6.07, 6.45) is 7.72. The Bertz CT molecular complexity index is 403. The lowest BCUT2D eigenvalue weighted by molar-refractivity contribution is 0.409. The van der Waals surface area contributed by atoms with Gasteiger partial charge in [0.25, 0.3) is 0 Å². The summed E-state index contributed by atoms with van der Waals surface area (Å²) in [6, 6.07) is 7.77. The molecule has 0 N–H and O–H groups in total. The number of rotatable bonds is 8. The molecule has 1 aromatic rings. The number of ether oxygens (including phenoxy) is 2. The Kier molecular flexibility index (Phi) is 7.56. The van der Waals surface area contributed by atoms with Crippen molar-refractivity contribution in [3.63, 3.8) is 0 Å². The van der Waals surface area contributed by atoms with Gasteiger partial charge in [-0.25, -0.2) is 0 Å². The fourth-order valence-corrected chi connectivity index (χ4v) is 1.77. The normalized spacial score (nSPS) is 9.80. The standard InChI is InChI=1S/C18H26O2/c1-5-15(6-2)13-19-17-11-9-10-12-18(17)20-14-16(7-3)8-4/h9-14H,5-8H2,1-4H3. The molecule has 0 saturated heterocycles. The van der Waals surface area contributed by atoms with Crippen molar-refractivity contribution in [1.29, 1.82) is 0 Å². The molecule has 0 atom stereocenters. The van der Waals surface area contributed by atoms with Gasteiger partial charge in [-0.3, -0.25) is 0 Å². The summed E-state index contributed by atoms with van der Waals surface area (Å²) >= 11 is 0. The highest BCUT2D eigenvalue weighted by Gasteiger charge is 2.03. The molecule has 2 nitrogen and oxygen atoms in total. The summed E-state index contributed by atoms with van der Waals surface area (Å²) in [4.78, 5) is 0. The quantitative estimate of drug-likeness (QED) is 0.553. The van der Waals surface area contributed by atoms with E-state index in [1.807, 2.05) is 36.8 Å². The fraction of sp³-hybridized carbons (Fsp3) is 0.444. The van der Waals surface area contributed by atoms with Crippen LogP contribution in [0.1, 0.15) is 53.4 Å². The Hall–Kier alpha value is -1.70. The molecule has 0 aliphatic rings. The van der Waals surface area contributed by atoms with E-state index in [-0.39, 0.29) is 0 Å². The molecule has 0 saturated carbocycles. The maximum Gasteiger partial charge on any atom is 0.168 e. The van der Waals surface area contributed by atoms with Gasteiger partial charge in [-0.2, -0.15) is 0 Å². The van der Waals surface area contributed by atoms with Gasteiger partial charge in [0.05, 0.1) is 12.5 Å². The van der Waals surface area contributed by atoms with Crippen LogP contribution in [0.4, 0.5) is 0 Å². The Balaban J connectivity index is 2.83. The van der Waals surface area contributed by atoms with E-state index < -0.39 is 0 Å². The van der Waals surface area contributed by atoms with Crippen molar-refractivity contribution < 1.29 is 9.47 Å². The van der Waals surface area contributed by atoms with Crippen LogP contribution in [0.2, 0.25) is 0 Å². The van der Waals surface area contributed by atoms with Gasteiger partial charge in [0, 0.05) is 0 Å². The second kappa shape index (κ2) is 9.24. The molecule has 0 amide bonds. The van der Waals surface area contributed by atoms with Crippen LogP contribution in [0.25, 0.3) is 0 Å². The summed E-state index contributed by atoms with van der Waals surface area (Å²) in [7, 11) is 0. The molecule has 0 fully saturated rings. The largest absolute Gasteiger partial charge is 0.461 e. The smallest absolute Gasteiger partial charge is 0.168 e. The van der Waals surface area contributed by atoms with E-state index in [2.05, 4.69) is 27.7 Å². The molecule has 0 aliphatic heterocycles. The SMILES string of the molecule is CCC(=COc1ccccc1OC=C(CC)CC)CC. The third-order valence-electron chi connectivity index (χ3n) is 3.37. The molecule has 1 rings (SSSR count). The second-order valence-corrected chi connectivity index (χ2v) is 4.65. The molecule has 0 bridgehead atoms. The zero-order valence-corrected chi connectivity index (χ0v) is 13.1. The molecule has 0 radical (unpaired) electrons. The minimum absolute atomic E-state index is 0.759. The topological polar surface area (TPSA) is 18.5 Å². The van der Waals surface area contributed by atoms with E-state index >= 15 is 0 Å². The zero-order valence-electron chi connectivity index (χ0n) is 13.1. The number of hydrogen-bond donors (Lipinski definition) is 0. The first-order chi connectivity index (χ1) is 9.74. The highest BCUT2D eigenvalue weighted by atomic mass is 16.5. The predicted molar refractivity (Wildman–Crippen MR) is 85.0 cm³/mol. The fourth-order valence-electron chi connectivity index (χ4n) is 1.77. The number of benzene rings is 1. The minimum atomic E-state index is 0.759. The van der Waals surface area contributed by atoms with E-state index in [1.165, 1.54) is 11.1 Å². The second-order valence-electron chi connectivity index (χ2n) is 4.65. The third-order valence-corrected chi connectivity index (χ3v) is 3.37. The Morgan fingerprint density at radius 2 is 1.10 bits per heavy atom. The van der Waals surface area contributed by atoms with Crippen molar-refractivity contribution in [1.82, 2.24) is 0 Å². The van der Waals surface area contributed by atoms with E-state index in [1.54, 1.807) is 0 Å². The lowest BCUT2D eigenvalue weighted by atomic mass is 10.2. The number of hydrogen-bond acceptors (Lipinski definition) is 2. The van der Waals surface area contributed by atoms with Crippen molar-refractivity contribution in [2.45, 2.75) is 53.4 Å². The Morgan fingerprint density at radius 1 is 0.750 bits per heavy atom. The Morgan fingerprint density at radius 3 is 1.40 bits per heavy atom. The molecule has 110 valence electrons. The summed E-state index contributed by atoms with van der Waals surface area (Å²) in [5, 5.41) is 0. The minimum Gasteiger partial charge on any atom is -0.461 e. The number of allylic oxidation sites excluding steroid dienone is 2. The molecular formula is C18H26O2.